The maximum Gasteiger partial charge on any atom is 0.252 e. The van der Waals surface area contributed by atoms with Crippen LogP contribution in [0.25, 0.3) is 0 Å². The Bertz CT molecular complexity index is 467. The summed E-state index contributed by atoms with van der Waals surface area (Å²) in [7, 11) is 0. The van der Waals surface area contributed by atoms with Gasteiger partial charge in [0, 0.05) is 24.2 Å². The van der Waals surface area contributed by atoms with Crippen LogP contribution in [0, 0.1) is 12.3 Å². The molecule has 1 aliphatic heterocycles. The van der Waals surface area contributed by atoms with Crippen LogP contribution in [0.5, 0.6) is 0 Å². The predicted octanol–water partition coefficient (Wildman–Crippen LogP) is 3.30. The monoisotopic (exact) mass is 325 g/mol. The minimum Gasteiger partial charge on any atom is -0.381 e. The molecule has 1 aliphatic rings. The summed E-state index contributed by atoms with van der Waals surface area (Å²) in [5.74, 6) is -0.0143. The predicted molar refractivity (Wildman–Crippen MR) is 79.4 cm³/mol. The van der Waals surface area contributed by atoms with Crippen LogP contribution in [0.4, 0.5) is 0 Å². The van der Waals surface area contributed by atoms with Crippen molar-refractivity contribution in [2.75, 3.05) is 19.8 Å². The number of rotatable bonds is 3. The normalized spacial score (nSPS) is 18.1. The Morgan fingerprint density at radius 1 is 1.42 bits per heavy atom. The molecule has 104 valence electrons. The summed E-state index contributed by atoms with van der Waals surface area (Å²) in [4.78, 5) is 12.2. The van der Waals surface area contributed by atoms with Crippen LogP contribution >= 0.6 is 15.9 Å². The third-order valence-corrected chi connectivity index (χ3v) is 4.40. The number of ether oxygens (including phenoxy) is 1. The maximum atomic E-state index is 12.2. The first-order chi connectivity index (χ1) is 9.00. The van der Waals surface area contributed by atoms with Crippen LogP contribution in [0.15, 0.2) is 22.7 Å². The Balaban J connectivity index is 1.97. The summed E-state index contributed by atoms with van der Waals surface area (Å²) in [5, 5.41) is 3.04. The molecule has 1 fully saturated rings. The van der Waals surface area contributed by atoms with Gasteiger partial charge >= 0.3 is 0 Å². The number of hydrogen-bond acceptors (Lipinski definition) is 2. The summed E-state index contributed by atoms with van der Waals surface area (Å²) in [6.45, 7) is 6.51. The number of nitrogens with one attached hydrogen (secondary N) is 1. The molecule has 1 aromatic carbocycles. The van der Waals surface area contributed by atoms with E-state index in [2.05, 4.69) is 28.2 Å². The average molecular weight is 326 g/mol. The highest BCUT2D eigenvalue weighted by Gasteiger charge is 2.28. The topological polar surface area (TPSA) is 38.3 Å². The number of halogens is 1. The Morgan fingerprint density at radius 3 is 2.74 bits per heavy atom. The molecule has 0 spiro atoms. The van der Waals surface area contributed by atoms with Crippen molar-refractivity contribution in [2.24, 2.45) is 5.41 Å². The summed E-state index contributed by atoms with van der Waals surface area (Å²) in [6, 6.07) is 5.78. The molecule has 3 nitrogen and oxygen atoms in total. The first-order valence-electron chi connectivity index (χ1n) is 6.62. The smallest absolute Gasteiger partial charge is 0.252 e. The molecular weight excluding hydrogens is 306 g/mol. The van der Waals surface area contributed by atoms with Gasteiger partial charge in [0.1, 0.15) is 0 Å². The Kier molecular flexibility index (Phi) is 4.63. The number of hydrogen-bond donors (Lipinski definition) is 1. The molecule has 19 heavy (non-hydrogen) atoms. The van der Waals surface area contributed by atoms with Crippen molar-refractivity contribution < 1.29 is 9.53 Å². The van der Waals surface area contributed by atoms with Crippen molar-refractivity contribution in [3.63, 3.8) is 0 Å². The number of carbonyl (C=O) groups excluding carboxylic acids is 1. The molecule has 1 aromatic rings. The van der Waals surface area contributed by atoms with Gasteiger partial charge in [0.2, 0.25) is 0 Å². The van der Waals surface area contributed by atoms with Gasteiger partial charge in [-0.1, -0.05) is 13.0 Å². The van der Waals surface area contributed by atoms with Gasteiger partial charge in [0.05, 0.1) is 5.56 Å². The van der Waals surface area contributed by atoms with Gasteiger partial charge in [-0.05, 0) is 58.8 Å². The number of aryl methyl sites for hydroxylation is 1. The highest BCUT2D eigenvalue weighted by molar-refractivity contribution is 9.10. The fourth-order valence-electron chi connectivity index (χ4n) is 2.23. The number of benzene rings is 1. The second-order valence-electron chi connectivity index (χ2n) is 5.59. The van der Waals surface area contributed by atoms with Crippen LogP contribution in [0.3, 0.4) is 0 Å². The van der Waals surface area contributed by atoms with E-state index in [-0.39, 0.29) is 11.3 Å². The lowest BCUT2D eigenvalue weighted by Gasteiger charge is -2.33. The van der Waals surface area contributed by atoms with Crippen LogP contribution in [-0.2, 0) is 4.74 Å². The lowest BCUT2D eigenvalue weighted by Crippen LogP contribution is -2.39. The van der Waals surface area contributed by atoms with E-state index in [1.165, 1.54) is 0 Å². The molecule has 2 rings (SSSR count). The quantitative estimate of drug-likeness (QED) is 0.925. The standard InChI is InChI=1S/C15H20BrNO2/c1-11-3-4-12(13(16)9-11)14(18)17-10-15(2)5-7-19-8-6-15/h3-4,9H,5-8,10H2,1-2H3,(H,17,18). The average Bonchev–Trinajstić information content (AvgIpc) is 2.37. The molecule has 0 bridgehead atoms. The first-order valence-corrected chi connectivity index (χ1v) is 7.42. The summed E-state index contributed by atoms with van der Waals surface area (Å²) >= 11 is 3.45. The molecule has 1 saturated heterocycles. The van der Waals surface area contributed by atoms with Crippen LogP contribution in [0.2, 0.25) is 0 Å². The summed E-state index contributed by atoms with van der Waals surface area (Å²) in [5.41, 5.74) is 1.99. The maximum absolute atomic E-state index is 12.2. The molecule has 0 atom stereocenters. The third-order valence-electron chi connectivity index (χ3n) is 3.74. The van der Waals surface area contributed by atoms with E-state index in [4.69, 9.17) is 4.74 Å². The molecule has 4 heteroatoms. The molecule has 0 radical (unpaired) electrons. The van der Waals surface area contributed by atoms with Crippen molar-refractivity contribution in [3.8, 4) is 0 Å². The molecule has 1 amide bonds. The molecular formula is C15H20BrNO2. The number of carbonyl (C=O) groups is 1. The molecule has 0 aliphatic carbocycles. The van der Waals surface area contributed by atoms with Crippen molar-refractivity contribution >= 4 is 21.8 Å². The van der Waals surface area contributed by atoms with E-state index in [0.717, 1.165) is 36.1 Å². The SMILES string of the molecule is Cc1ccc(C(=O)NCC2(C)CCOCC2)c(Br)c1. The Hall–Kier alpha value is -0.870. The van der Waals surface area contributed by atoms with E-state index >= 15 is 0 Å². The van der Waals surface area contributed by atoms with Gasteiger partial charge in [0.25, 0.3) is 5.91 Å². The minimum absolute atomic E-state index is 0.0143. The Morgan fingerprint density at radius 2 is 2.11 bits per heavy atom. The zero-order valence-electron chi connectivity index (χ0n) is 11.5. The molecule has 1 heterocycles. The van der Waals surface area contributed by atoms with Crippen LogP contribution in [0.1, 0.15) is 35.7 Å². The molecule has 1 N–H and O–H groups in total. The second-order valence-corrected chi connectivity index (χ2v) is 6.44. The van der Waals surface area contributed by atoms with Crippen LogP contribution in [-0.4, -0.2) is 25.7 Å². The second kappa shape index (κ2) is 6.06. The molecule has 0 unspecified atom stereocenters. The zero-order chi connectivity index (χ0) is 13.9. The van der Waals surface area contributed by atoms with Gasteiger partial charge < -0.3 is 10.1 Å². The van der Waals surface area contributed by atoms with E-state index in [1.54, 1.807) is 0 Å². The van der Waals surface area contributed by atoms with Gasteiger partial charge in [-0.25, -0.2) is 0 Å². The van der Waals surface area contributed by atoms with Crippen molar-refractivity contribution in [3.05, 3.63) is 33.8 Å². The first kappa shape index (κ1) is 14.5. The van der Waals surface area contributed by atoms with E-state index < -0.39 is 0 Å². The summed E-state index contributed by atoms with van der Waals surface area (Å²) in [6.07, 6.45) is 2.00. The van der Waals surface area contributed by atoms with Gasteiger partial charge in [-0.3, -0.25) is 4.79 Å². The molecule has 0 aromatic heterocycles. The third kappa shape index (κ3) is 3.80. The lowest BCUT2D eigenvalue weighted by molar-refractivity contribution is 0.0238. The van der Waals surface area contributed by atoms with Gasteiger partial charge in [-0.15, -0.1) is 0 Å². The fourth-order valence-corrected chi connectivity index (χ4v) is 2.91. The van der Waals surface area contributed by atoms with Gasteiger partial charge in [-0.2, -0.15) is 0 Å². The van der Waals surface area contributed by atoms with E-state index in [9.17, 15) is 4.79 Å². The fraction of sp³-hybridized carbons (Fsp3) is 0.533. The Labute approximate surface area is 122 Å². The van der Waals surface area contributed by atoms with Crippen molar-refractivity contribution in [1.82, 2.24) is 5.32 Å². The van der Waals surface area contributed by atoms with Crippen LogP contribution < -0.4 is 5.32 Å². The number of amides is 1. The highest BCUT2D eigenvalue weighted by atomic mass is 79.9. The summed E-state index contributed by atoms with van der Waals surface area (Å²) < 4.78 is 6.22. The zero-order valence-corrected chi connectivity index (χ0v) is 13.0. The minimum atomic E-state index is -0.0143. The molecule has 0 saturated carbocycles. The van der Waals surface area contributed by atoms with E-state index in [0.29, 0.717) is 12.1 Å². The van der Waals surface area contributed by atoms with Gasteiger partial charge in [0.15, 0.2) is 0 Å². The van der Waals surface area contributed by atoms with Crippen molar-refractivity contribution in [1.29, 1.82) is 0 Å². The van der Waals surface area contributed by atoms with E-state index in [1.807, 2.05) is 25.1 Å². The largest absolute Gasteiger partial charge is 0.381 e. The lowest BCUT2D eigenvalue weighted by atomic mass is 9.82. The van der Waals surface area contributed by atoms with Crippen molar-refractivity contribution in [2.45, 2.75) is 26.7 Å². The highest BCUT2D eigenvalue weighted by Crippen LogP contribution is 2.29.